The fourth-order valence-corrected chi connectivity index (χ4v) is 4.41. The van der Waals surface area contributed by atoms with Gasteiger partial charge >= 0.3 is 0 Å². The number of likely N-dealkylation sites (tertiary alicyclic amines) is 1. The first kappa shape index (κ1) is 15.3. The lowest BCUT2D eigenvalue weighted by Gasteiger charge is -2.39. The van der Waals surface area contributed by atoms with E-state index in [2.05, 4.69) is 10.3 Å². The van der Waals surface area contributed by atoms with Gasteiger partial charge in [-0.05, 0) is 48.4 Å². The van der Waals surface area contributed by atoms with Gasteiger partial charge < -0.3 is 10.2 Å². The Labute approximate surface area is 144 Å². The molecule has 1 atom stereocenters. The maximum absolute atomic E-state index is 12.5. The molecule has 2 aliphatic rings. The summed E-state index contributed by atoms with van der Waals surface area (Å²) in [5.41, 5.74) is 1.62. The molecule has 124 valence electrons. The van der Waals surface area contributed by atoms with Crippen molar-refractivity contribution < 1.29 is 9.59 Å². The summed E-state index contributed by atoms with van der Waals surface area (Å²) in [5, 5.41) is 7.03. The molecule has 2 saturated heterocycles. The topological polar surface area (TPSA) is 62.3 Å². The van der Waals surface area contributed by atoms with Crippen LogP contribution >= 0.6 is 11.3 Å². The molecule has 24 heavy (non-hydrogen) atoms. The van der Waals surface area contributed by atoms with Crippen molar-refractivity contribution >= 4 is 23.2 Å². The fraction of sp³-hybridized carbons (Fsp3) is 0.389. The van der Waals surface area contributed by atoms with Crippen LogP contribution in [-0.4, -0.2) is 40.3 Å². The van der Waals surface area contributed by atoms with Gasteiger partial charge in [-0.3, -0.25) is 14.6 Å². The van der Waals surface area contributed by atoms with E-state index in [1.54, 1.807) is 12.4 Å². The van der Waals surface area contributed by atoms with Gasteiger partial charge in [0.05, 0.1) is 11.5 Å². The van der Waals surface area contributed by atoms with Crippen molar-refractivity contribution in [2.45, 2.75) is 30.7 Å². The Hall–Kier alpha value is -2.21. The van der Waals surface area contributed by atoms with Crippen LogP contribution in [0.2, 0.25) is 0 Å². The summed E-state index contributed by atoms with van der Waals surface area (Å²) < 4.78 is 0. The Morgan fingerprint density at radius 2 is 2.00 bits per heavy atom. The number of carbonyl (C=O) groups excluding carboxylic acids is 2. The molecule has 1 spiro atoms. The van der Waals surface area contributed by atoms with Crippen LogP contribution in [0.1, 0.15) is 41.1 Å². The Morgan fingerprint density at radius 3 is 2.67 bits per heavy atom. The van der Waals surface area contributed by atoms with E-state index in [9.17, 15) is 9.59 Å². The summed E-state index contributed by atoms with van der Waals surface area (Å²) in [6.45, 7) is 1.38. The van der Waals surface area contributed by atoms with Gasteiger partial charge in [-0.15, -0.1) is 0 Å². The van der Waals surface area contributed by atoms with Gasteiger partial charge in [0.15, 0.2) is 0 Å². The minimum atomic E-state index is -0.170. The van der Waals surface area contributed by atoms with E-state index in [1.165, 1.54) is 11.3 Å². The van der Waals surface area contributed by atoms with Crippen LogP contribution in [0.15, 0.2) is 41.4 Å². The first-order chi connectivity index (χ1) is 11.7. The van der Waals surface area contributed by atoms with Gasteiger partial charge in [0, 0.05) is 36.4 Å². The van der Waals surface area contributed by atoms with Crippen LogP contribution < -0.4 is 5.32 Å². The predicted molar refractivity (Wildman–Crippen MR) is 91.9 cm³/mol. The molecule has 0 aliphatic carbocycles. The number of nitrogens with one attached hydrogen (secondary N) is 1. The first-order valence-electron chi connectivity index (χ1n) is 8.20. The zero-order chi connectivity index (χ0) is 16.6. The average molecular weight is 341 g/mol. The molecule has 4 rings (SSSR count). The predicted octanol–water partition coefficient (Wildman–Crippen LogP) is 2.42. The van der Waals surface area contributed by atoms with Crippen molar-refractivity contribution in [3.63, 3.8) is 0 Å². The Morgan fingerprint density at radius 1 is 1.25 bits per heavy atom. The van der Waals surface area contributed by atoms with Crippen molar-refractivity contribution in [2.75, 3.05) is 13.1 Å². The second kappa shape index (κ2) is 6.02. The largest absolute Gasteiger partial charge is 0.350 e. The van der Waals surface area contributed by atoms with Gasteiger partial charge in [-0.25, -0.2) is 0 Å². The summed E-state index contributed by atoms with van der Waals surface area (Å²) in [6, 6.07) is 5.70. The Balaban J connectivity index is 1.44. The molecular formula is C18H19N3O2S. The monoisotopic (exact) mass is 341 g/mol. The van der Waals surface area contributed by atoms with Crippen LogP contribution in [0, 0.1) is 0 Å². The lowest BCUT2D eigenvalue weighted by molar-refractivity contribution is -0.121. The first-order valence-corrected chi connectivity index (χ1v) is 9.15. The van der Waals surface area contributed by atoms with E-state index in [0.717, 1.165) is 30.4 Å². The number of hydrogen-bond donors (Lipinski definition) is 1. The molecule has 0 saturated carbocycles. The summed E-state index contributed by atoms with van der Waals surface area (Å²) in [4.78, 5) is 30.8. The van der Waals surface area contributed by atoms with Gasteiger partial charge in [0.25, 0.3) is 5.91 Å². The zero-order valence-corrected chi connectivity index (χ0v) is 14.1. The van der Waals surface area contributed by atoms with Gasteiger partial charge in [-0.1, -0.05) is 0 Å². The van der Waals surface area contributed by atoms with Gasteiger partial charge in [0.2, 0.25) is 5.91 Å². The summed E-state index contributed by atoms with van der Waals surface area (Å²) >= 11 is 1.54. The molecule has 2 fully saturated rings. The lowest BCUT2D eigenvalue weighted by Crippen LogP contribution is -2.52. The van der Waals surface area contributed by atoms with E-state index < -0.39 is 0 Å². The van der Waals surface area contributed by atoms with Crippen LogP contribution in [0.3, 0.4) is 0 Å². The standard InChI is InChI=1S/C18H19N3O2S/c22-16-15(13-1-6-19-7-2-13)11-18(20-16)4-8-21(9-5-18)17(23)14-3-10-24-12-14/h1-3,6-7,10,12,15H,4-5,8-9,11H2,(H,20,22). The molecule has 1 N–H and O–H groups in total. The second-order valence-electron chi connectivity index (χ2n) is 6.61. The van der Waals surface area contributed by atoms with Crippen molar-refractivity contribution in [1.29, 1.82) is 0 Å². The number of aromatic nitrogens is 1. The fourth-order valence-electron chi connectivity index (χ4n) is 3.78. The third kappa shape index (κ3) is 2.71. The number of carbonyl (C=O) groups is 2. The van der Waals surface area contributed by atoms with Gasteiger partial charge in [0.1, 0.15) is 0 Å². The zero-order valence-electron chi connectivity index (χ0n) is 13.3. The number of amides is 2. The number of pyridine rings is 1. The number of nitrogens with zero attached hydrogens (tertiary/aromatic N) is 2. The molecule has 0 aromatic carbocycles. The molecule has 6 heteroatoms. The minimum absolute atomic E-state index is 0.0961. The summed E-state index contributed by atoms with van der Waals surface area (Å²) in [6.07, 6.45) is 5.90. The molecule has 0 bridgehead atoms. The molecule has 5 nitrogen and oxygen atoms in total. The number of thiophene rings is 1. The third-order valence-electron chi connectivity index (χ3n) is 5.18. The van der Waals surface area contributed by atoms with Crippen LogP contribution in [0.4, 0.5) is 0 Å². The Kier molecular flexibility index (Phi) is 3.84. The highest BCUT2D eigenvalue weighted by Crippen LogP contribution is 2.39. The molecule has 2 aromatic rings. The summed E-state index contributed by atoms with van der Waals surface area (Å²) in [5.74, 6) is 0.0899. The highest BCUT2D eigenvalue weighted by Gasteiger charge is 2.46. The third-order valence-corrected chi connectivity index (χ3v) is 5.87. The SMILES string of the molecule is O=C1NC2(CCN(C(=O)c3ccsc3)CC2)CC1c1ccncc1. The van der Waals surface area contributed by atoms with Crippen LogP contribution in [0.25, 0.3) is 0 Å². The summed E-state index contributed by atoms with van der Waals surface area (Å²) in [7, 11) is 0. The molecule has 2 aromatic heterocycles. The number of rotatable bonds is 2. The maximum atomic E-state index is 12.5. The number of hydrogen-bond acceptors (Lipinski definition) is 4. The van der Waals surface area contributed by atoms with Crippen molar-refractivity contribution in [3.05, 3.63) is 52.5 Å². The Bertz CT molecular complexity index is 737. The maximum Gasteiger partial charge on any atom is 0.254 e. The smallest absolute Gasteiger partial charge is 0.254 e. The van der Waals surface area contributed by atoms with Crippen molar-refractivity contribution in [2.24, 2.45) is 0 Å². The average Bonchev–Trinajstić information content (AvgIpc) is 3.25. The van der Waals surface area contributed by atoms with Gasteiger partial charge in [-0.2, -0.15) is 11.3 Å². The van der Waals surface area contributed by atoms with Crippen LogP contribution in [0.5, 0.6) is 0 Å². The highest BCUT2D eigenvalue weighted by molar-refractivity contribution is 7.08. The minimum Gasteiger partial charge on any atom is -0.350 e. The van der Waals surface area contributed by atoms with E-state index in [1.807, 2.05) is 33.9 Å². The van der Waals surface area contributed by atoms with E-state index in [4.69, 9.17) is 0 Å². The van der Waals surface area contributed by atoms with E-state index in [0.29, 0.717) is 13.1 Å². The molecule has 2 aliphatic heterocycles. The highest BCUT2D eigenvalue weighted by atomic mass is 32.1. The molecule has 4 heterocycles. The van der Waals surface area contributed by atoms with Crippen LogP contribution in [-0.2, 0) is 4.79 Å². The second-order valence-corrected chi connectivity index (χ2v) is 7.39. The van der Waals surface area contributed by atoms with E-state index >= 15 is 0 Å². The molecular weight excluding hydrogens is 322 g/mol. The van der Waals surface area contributed by atoms with Crippen molar-refractivity contribution in [3.8, 4) is 0 Å². The van der Waals surface area contributed by atoms with Crippen molar-refractivity contribution in [1.82, 2.24) is 15.2 Å². The number of piperidine rings is 1. The molecule has 1 unspecified atom stereocenters. The quantitative estimate of drug-likeness (QED) is 0.912. The lowest BCUT2D eigenvalue weighted by atomic mass is 9.82. The molecule has 0 radical (unpaired) electrons. The normalized spacial score (nSPS) is 22.6. The van der Waals surface area contributed by atoms with E-state index in [-0.39, 0.29) is 23.3 Å². The molecule has 2 amide bonds.